The Morgan fingerprint density at radius 2 is 0.810 bits per heavy atom. The van der Waals surface area contributed by atoms with Crippen LogP contribution in [0.4, 0.5) is 0 Å². The fourth-order valence-electron chi connectivity index (χ4n) is 2.29. The van der Waals surface area contributed by atoms with E-state index >= 15 is 0 Å². The Labute approximate surface area is 143 Å². The summed E-state index contributed by atoms with van der Waals surface area (Å²) >= 11 is 3.48. The molecular formula is C19H42BrN. The van der Waals surface area contributed by atoms with E-state index in [4.69, 9.17) is 0 Å². The molecule has 1 aliphatic rings. The smallest absolute Gasteiger partial charge is 0.00313 e. The van der Waals surface area contributed by atoms with Gasteiger partial charge in [-0.25, -0.2) is 0 Å². The maximum absolute atomic E-state index is 3.48. The Morgan fingerprint density at radius 3 is 1.05 bits per heavy atom. The zero-order valence-corrected chi connectivity index (χ0v) is 16.4. The quantitative estimate of drug-likeness (QED) is 0.245. The number of hydrogen-bond acceptors (Lipinski definition) is 1. The van der Waals surface area contributed by atoms with E-state index in [-0.39, 0.29) is 6.15 Å². The average molecular weight is 364 g/mol. The van der Waals surface area contributed by atoms with Crippen molar-refractivity contribution >= 4 is 15.9 Å². The lowest BCUT2D eigenvalue weighted by atomic mass is 10.0. The van der Waals surface area contributed by atoms with Crippen molar-refractivity contribution in [2.45, 2.75) is 116 Å². The van der Waals surface area contributed by atoms with Crippen LogP contribution in [0.2, 0.25) is 0 Å². The summed E-state index contributed by atoms with van der Waals surface area (Å²) in [4.78, 5) is 0. The van der Waals surface area contributed by atoms with Gasteiger partial charge in [0.25, 0.3) is 0 Å². The number of alkyl halides is 1. The molecule has 0 unspecified atom stereocenters. The van der Waals surface area contributed by atoms with Gasteiger partial charge in [-0.2, -0.15) is 0 Å². The molecule has 0 spiro atoms. The Hall–Kier alpha value is 0.440. The normalized spacial score (nSPS) is 12.3. The molecule has 1 rings (SSSR count). The number of halogens is 1. The molecule has 0 amide bonds. The predicted molar refractivity (Wildman–Crippen MR) is 103 cm³/mol. The predicted octanol–water partition coefficient (Wildman–Crippen LogP) is 8.19. The molecule has 0 atom stereocenters. The van der Waals surface area contributed by atoms with E-state index in [9.17, 15) is 0 Å². The molecule has 0 aromatic rings. The Bertz CT molecular complexity index is 143. The van der Waals surface area contributed by atoms with Crippen LogP contribution in [-0.2, 0) is 0 Å². The van der Waals surface area contributed by atoms with Crippen LogP contribution in [0.3, 0.4) is 0 Å². The lowest BCUT2D eigenvalue weighted by Gasteiger charge is -2.02. The van der Waals surface area contributed by atoms with E-state index in [1.165, 1.54) is 114 Å². The van der Waals surface area contributed by atoms with Crippen molar-refractivity contribution < 1.29 is 0 Å². The molecule has 3 N–H and O–H groups in total. The molecule has 0 saturated heterocycles. The molecule has 21 heavy (non-hydrogen) atoms. The molecule has 2 heteroatoms. The standard InChI is InChI=1S/C16H33Br.C3H6.H3N/c1-2-3-4-5-6-7-8-9-10-11-12-13-14-15-16-17;1-2-3-1;/h2-16H2,1H3;1-3H2;1H3. The summed E-state index contributed by atoms with van der Waals surface area (Å²) in [6.07, 6.45) is 24.8. The lowest BCUT2D eigenvalue weighted by molar-refractivity contribution is 0.538. The molecule has 1 saturated carbocycles. The third-order valence-corrected chi connectivity index (χ3v) is 4.40. The molecule has 1 aliphatic carbocycles. The second kappa shape index (κ2) is 22.7. The van der Waals surface area contributed by atoms with E-state index < -0.39 is 0 Å². The van der Waals surface area contributed by atoms with Gasteiger partial charge in [-0.3, -0.25) is 0 Å². The Balaban J connectivity index is 0. The van der Waals surface area contributed by atoms with Gasteiger partial charge in [0.15, 0.2) is 0 Å². The third kappa shape index (κ3) is 29.2. The molecule has 1 nitrogen and oxygen atoms in total. The maximum atomic E-state index is 3.48. The van der Waals surface area contributed by atoms with Crippen LogP contribution in [0.1, 0.15) is 116 Å². The first kappa shape index (κ1) is 23.7. The van der Waals surface area contributed by atoms with Gasteiger partial charge in [-0.05, 0) is 6.42 Å². The van der Waals surface area contributed by atoms with E-state index in [1.54, 1.807) is 0 Å². The first-order chi connectivity index (χ1) is 9.91. The number of rotatable bonds is 14. The summed E-state index contributed by atoms with van der Waals surface area (Å²) in [5, 5.41) is 1.19. The average Bonchev–Trinajstić information content (AvgIpc) is 3.32. The van der Waals surface area contributed by atoms with Gasteiger partial charge in [0.05, 0.1) is 0 Å². The largest absolute Gasteiger partial charge is 0.344 e. The number of unbranched alkanes of at least 4 members (excludes halogenated alkanes) is 13. The van der Waals surface area contributed by atoms with E-state index in [2.05, 4.69) is 22.9 Å². The number of hydrogen-bond donors (Lipinski definition) is 1. The van der Waals surface area contributed by atoms with E-state index in [1.807, 2.05) is 0 Å². The van der Waals surface area contributed by atoms with E-state index in [0.29, 0.717) is 0 Å². The van der Waals surface area contributed by atoms with Crippen molar-refractivity contribution in [1.82, 2.24) is 6.15 Å². The van der Waals surface area contributed by atoms with Gasteiger partial charge in [0.2, 0.25) is 0 Å². The van der Waals surface area contributed by atoms with Gasteiger partial charge >= 0.3 is 0 Å². The van der Waals surface area contributed by atoms with Crippen LogP contribution >= 0.6 is 15.9 Å². The molecule has 0 aromatic carbocycles. The fraction of sp³-hybridized carbons (Fsp3) is 1.00. The van der Waals surface area contributed by atoms with Crippen LogP contribution in [0, 0.1) is 0 Å². The summed E-state index contributed by atoms with van der Waals surface area (Å²) in [5.74, 6) is 0. The van der Waals surface area contributed by atoms with Crippen LogP contribution in [0.25, 0.3) is 0 Å². The maximum Gasteiger partial charge on any atom is 0.00313 e. The van der Waals surface area contributed by atoms with Crippen LogP contribution in [0.15, 0.2) is 0 Å². The molecule has 1 fully saturated rings. The zero-order chi connectivity index (χ0) is 14.7. The fourth-order valence-corrected chi connectivity index (χ4v) is 2.69. The van der Waals surface area contributed by atoms with Crippen LogP contribution in [0.5, 0.6) is 0 Å². The minimum absolute atomic E-state index is 0. The van der Waals surface area contributed by atoms with E-state index in [0.717, 1.165) is 0 Å². The topological polar surface area (TPSA) is 35.0 Å². The minimum atomic E-state index is 0. The van der Waals surface area contributed by atoms with Crippen molar-refractivity contribution in [3.63, 3.8) is 0 Å². The van der Waals surface area contributed by atoms with Gasteiger partial charge in [0.1, 0.15) is 0 Å². The van der Waals surface area contributed by atoms with Crippen LogP contribution < -0.4 is 6.15 Å². The molecule has 0 aromatic heterocycles. The summed E-state index contributed by atoms with van der Waals surface area (Å²) in [5.41, 5.74) is 0. The molecule has 0 aliphatic heterocycles. The molecule has 0 heterocycles. The van der Waals surface area contributed by atoms with Crippen LogP contribution in [-0.4, -0.2) is 5.33 Å². The highest BCUT2D eigenvalue weighted by molar-refractivity contribution is 9.09. The van der Waals surface area contributed by atoms with Crippen molar-refractivity contribution in [1.29, 1.82) is 0 Å². The first-order valence-corrected chi connectivity index (χ1v) is 10.6. The summed E-state index contributed by atoms with van der Waals surface area (Å²) in [6, 6.07) is 0. The highest BCUT2D eigenvalue weighted by Gasteiger charge is 1.95. The van der Waals surface area contributed by atoms with Gasteiger partial charge < -0.3 is 6.15 Å². The van der Waals surface area contributed by atoms with Gasteiger partial charge in [0, 0.05) is 5.33 Å². The lowest BCUT2D eigenvalue weighted by Crippen LogP contribution is -1.83. The second-order valence-corrected chi connectivity index (χ2v) is 7.14. The van der Waals surface area contributed by atoms with Gasteiger partial charge in [-0.15, -0.1) is 0 Å². The van der Waals surface area contributed by atoms with Crippen molar-refractivity contribution in [2.24, 2.45) is 0 Å². The van der Waals surface area contributed by atoms with Crippen molar-refractivity contribution in [2.75, 3.05) is 5.33 Å². The first-order valence-electron chi connectivity index (χ1n) is 9.47. The molecule has 130 valence electrons. The highest BCUT2D eigenvalue weighted by atomic mass is 79.9. The van der Waals surface area contributed by atoms with Gasteiger partial charge in [-0.1, -0.05) is 126 Å². The molecular weight excluding hydrogens is 322 g/mol. The molecule has 0 radical (unpaired) electrons. The summed E-state index contributed by atoms with van der Waals surface area (Å²) < 4.78 is 0. The minimum Gasteiger partial charge on any atom is -0.344 e. The second-order valence-electron chi connectivity index (χ2n) is 6.35. The SMILES string of the molecule is C1CC1.CCCCCCCCCCCCCCCCBr.N. The highest BCUT2D eigenvalue weighted by Crippen LogP contribution is 2.15. The Morgan fingerprint density at radius 1 is 0.524 bits per heavy atom. The molecule has 0 bridgehead atoms. The Kier molecular flexibility index (Phi) is 25.6. The zero-order valence-electron chi connectivity index (χ0n) is 14.8. The summed E-state index contributed by atoms with van der Waals surface area (Å²) in [6.45, 7) is 2.29. The third-order valence-electron chi connectivity index (χ3n) is 3.84. The monoisotopic (exact) mass is 363 g/mol. The van der Waals surface area contributed by atoms with Crippen molar-refractivity contribution in [3.8, 4) is 0 Å². The summed E-state index contributed by atoms with van der Waals surface area (Å²) in [7, 11) is 0. The van der Waals surface area contributed by atoms with Crippen molar-refractivity contribution in [3.05, 3.63) is 0 Å².